The Balaban J connectivity index is 2.92. The summed E-state index contributed by atoms with van der Waals surface area (Å²) in [6.07, 6.45) is 0. The van der Waals surface area contributed by atoms with Gasteiger partial charge in [0.15, 0.2) is 5.69 Å². The molecular weight excluding hydrogens is 168 g/mol. The van der Waals surface area contributed by atoms with Gasteiger partial charge in [-0.2, -0.15) is 0 Å². The molecule has 0 atom stereocenters. The number of rotatable bonds is 0. The zero-order chi connectivity index (χ0) is 9.59. The first-order chi connectivity index (χ1) is 6.09. The first kappa shape index (κ1) is 7.91. The van der Waals surface area contributed by atoms with Crippen molar-refractivity contribution < 1.29 is 9.84 Å². The Morgan fingerprint density at radius 1 is 1.38 bits per heavy atom. The van der Waals surface area contributed by atoms with Gasteiger partial charge in [0.05, 0.1) is 5.52 Å². The average Bonchev–Trinajstić information content (AvgIpc) is 2.42. The lowest BCUT2D eigenvalue weighted by Crippen LogP contribution is -2.29. The number of hydrogen-bond acceptors (Lipinski definition) is 2. The summed E-state index contributed by atoms with van der Waals surface area (Å²) in [5, 5.41) is 21.3. The maximum Gasteiger partial charge on any atom is 0.386 e. The standard InChI is InChI=1S/C9H10N2O2/c1-5-3-7-8(10-5)4-6(2)11(13)9(7)12/h3-4,10,12H,1-2H3. The molecule has 0 aromatic carbocycles. The Bertz CT molecular complexity index is 474. The van der Waals surface area contributed by atoms with E-state index in [2.05, 4.69) is 4.98 Å². The Hall–Kier alpha value is -1.71. The number of H-pyrrole nitrogens is 1. The summed E-state index contributed by atoms with van der Waals surface area (Å²) in [7, 11) is 0. The largest absolute Gasteiger partial charge is 0.616 e. The molecule has 0 amide bonds. The highest BCUT2D eigenvalue weighted by Gasteiger charge is 2.14. The van der Waals surface area contributed by atoms with Crippen molar-refractivity contribution in [1.82, 2.24) is 4.98 Å². The molecule has 0 bridgehead atoms. The molecule has 2 aromatic heterocycles. The van der Waals surface area contributed by atoms with Gasteiger partial charge in [0.1, 0.15) is 5.39 Å². The number of aromatic hydroxyl groups is 1. The summed E-state index contributed by atoms with van der Waals surface area (Å²) in [5.74, 6) is -0.237. The van der Waals surface area contributed by atoms with Crippen LogP contribution in [0, 0.1) is 19.1 Å². The van der Waals surface area contributed by atoms with Crippen molar-refractivity contribution in [2.45, 2.75) is 13.8 Å². The number of aryl methyl sites for hydroxylation is 2. The number of pyridine rings is 1. The van der Waals surface area contributed by atoms with E-state index < -0.39 is 0 Å². The maximum atomic E-state index is 11.2. The van der Waals surface area contributed by atoms with E-state index in [1.807, 2.05) is 6.92 Å². The van der Waals surface area contributed by atoms with Crippen molar-refractivity contribution in [1.29, 1.82) is 0 Å². The molecule has 2 N–H and O–H groups in total. The quantitative estimate of drug-likeness (QED) is 0.469. The third-order valence-electron chi connectivity index (χ3n) is 2.09. The number of hydrogen-bond donors (Lipinski definition) is 2. The molecule has 0 unspecified atom stereocenters. The van der Waals surface area contributed by atoms with Crippen LogP contribution in [0.1, 0.15) is 11.4 Å². The number of aromatic amines is 1. The van der Waals surface area contributed by atoms with Gasteiger partial charge in [-0.05, 0) is 13.0 Å². The normalized spacial score (nSPS) is 10.9. The first-order valence-corrected chi connectivity index (χ1v) is 4.01. The second-order valence-electron chi connectivity index (χ2n) is 3.18. The minimum Gasteiger partial charge on any atom is -0.616 e. The van der Waals surface area contributed by atoms with Crippen LogP contribution in [0.2, 0.25) is 0 Å². The van der Waals surface area contributed by atoms with Gasteiger partial charge in [0.25, 0.3) is 0 Å². The summed E-state index contributed by atoms with van der Waals surface area (Å²) in [4.78, 5) is 3.06. The Morgan fingerprint density at radius 2 is 2.08 bits per heavy atom. The third kappa shape index (κ3) is 1.02. The maximum absolute atomic E-state index is 11.2. The topological polar surface area (TPSA) is 63.0 Å². The monoisotopic (exact) mass is 178 g/mol. The molecule has 0 aliphatic heterocycles. The van der Waals surface area contributed by atoms with Gasteiger partial charge < -0.3 is 15.3 Å². The van der Waals surface area contributed by atoms with E-state index in [0.29, 0.717) is 15.8 Å². The minimum atomic E-state index is -0.237. The van der Waals surface area contributed by atoms with E-state index in [1.54, 1.807) is 19.1 Å². The second kappa shape index (κ2) is 2.39. The molecule has 0 aliphatic rings. The Morgan fingerprint density at radius 3 is 2.77 bits per heavy atom. The van der Waals surface area contributed by atoms with E-state index >= 15 is 0 Å². The van der Waals surface area contributed by atoms with Crippen LogP contribution in [-0.2, 0) is 0 Å². The smallest absolute Gasteiger partial charge is 0.386 e. The molecule has 0 saturated heterocycles. The number of nitrogens with zero attached hydrogens (tertiary/aromatic N) is 1. The lowest BCUT2D eigenvalue weighted by molar-refractivity contribution is -0.618. The van der Waals surface area contributed by atoms with Crippen molar-refractivity contribution in [3.8, 4) is 5.88 Å². The molecule has 68 valence electrons. The van der Waals surface area contributed by atoms with Gasteiger partial charge in [0.2, 0.25) is 0 Å². The highest BCUT2D eigenvalue weighted by atomic mass is 16.5. The fourth-order valence-corrected chi connectivity index (χ4v) is 1.45. The summed E-state index contributed by atoms with van der Waals surface area (Å²) in [6, 6.07) is 3.47. The van der Waals surface area contributed by atoms with Crippen molar-refractivity contribution in [3.05, 3.63) is 28.7 Å². The summed E-state index contributed by atoms with van der Waals surface area (Å²) >= 11 is 0. The van der Waals surface area contributed by atoms with Crippen molar-refractivity contribution in [2.24, 2.45) is 0 Å². The molecule has 0 aliphatic carbocycles. The van der Waals surface area contributed by atoms with Crippen LogP contribution in [0.25, 0.3) is 10.9 Å². The molecule has 2 heterocycles. The van der Waals surface area contributed by atoms with E-state index in [-0.39, 0.29) is 5.88 Å². The highest BCUT2D eigenvalue weighted by molar-refractivity contribution is 5.83. The van der Waals surface area contributed by atoms with Gasteiger partial charge >= 0.3 is 5.88 Å². The van der Waals surface area contributed by atoms with Crippen LogP contribution >= 0.6 is 0 Å². The van der Waals surface area contributed by atoms with Crippen molar-refractivity contribution in [2.75, 3.05) is 0 Å². The first-order valence-electron chi connectivity index (χ1n) is 4.01. The molecular formula is C9H10N2O2. The molecule has 0 radical (unpaired) electrons. The summed E-state index contributed by atoms with van der Waals surface area (Å²) < 4.78 is 0.523. The van der Waals surface area contributed by atoms with Crippen LogP contribution in [-0.4, -0.2) is 10.1 Å². The van der Waals surface area contributed by atoms with Crippen LogP contribution in [0.5, 0.6) is 5.88 Å². The molecule has 4 heteroatoms. The summed E-state index contributed by atoms with van der Waals surface area (Å²) in [6.45, 7) is 3.53. The molecule has 0 spiro atoms. The molecule has 2 aromatic rings. The zero-order valence-electron chi connectivity index (χ0n) is 7.46. The van der Waals surface area contributed by atoms with Crippen LogP contribution in [0.4, 0.5) is 0 Å². The van der Waals surface area contributed by atoms with E-state index in [9.17, 15) is 10.3 Å². The number of nitrogens with one attached hydrogen (secondary N) is 1. The third-order valence-corrected chi connectivity index (χ3v) is 2.09. The van der Waals surface area contributed by atoms with Crippen LogP contribution in [0.3, 0.4) is 0 Å². The van der Waals surface area contributed by atoms with Crippen molar-refractivity contribution >= 4 is 10.9 Å². The molecule has 2 rings (SSSR count). The van der Waals surface area contributed by atoms with E-state index in [1.165, 1.54) is 0 Å². The predicted molar refractivity (Wildman–Crippen MR) is 48.4 cm³/mol. The lowest BCUT2D eigenvalue weighted by atomic mass is 10.3. The molecule has 4 nitrogen and oxygen atoms in total. The van der Waals surface area contributed by atoms with E-state index in [4.69, 9.17) is 0 Å². The van der Waals surface area contributed by atoms with Gasteiger partial charge in [-0.1, -0.05) is 0 Å². The fourth-order valence-electron chi connectivity index (χ4n) is 1.45. The predicted octanol–water partition coefficient (Wildman–Crippen LogP) is 1.12. The molecule has 0 fully saturated rings. The van der Waals surface area contributed by atoms with E-state index in [0.717, 1.165) is 11.2 Å². The minimum absolute atomic E-state index is 0.237. The molecule has 0 saturated carbocycles. The summed E-state index contributed by atoms with van der Waals surface area (Å²) in [5.41, 5.74) is 2.20. The SMILES string of the molecule is Cc1cc2c(O)[n+]([O-])c(C)cc2[nH]1. The van der Waals surface area contributed by atoms with Gasteiger partial charge in [-0.15, -0.1) is 4.73 Å². The van der Waals surface area contributed by atoms with Gasteiger partial charge in [-0.25, -0.2) is 0 Å². The zero-order valence-corrected chi connectivity index (χ0v) is 7.46. The highest BCUT2D eigenvalue weighted by Crippen LogP contribution is 2.22. The van der Waals surface area contributed by atoms with Crippen LogP contribution in [0.15, 0.2) is 12.1 Å². The number of fused-ring (bicyclic) bond motifs is 1. The molecule has 13 heavy (non-hydrogen) atoms. The lowest BCUT2D eigenvalue weighted by Gasteiger charge is -2.02. The average molecular weight is 178 g/mol. The second-order valence-corrected chi connectivity index (χ2v) is 3.18. The Labute approximate surface area is 75.0 Å². The van der Waals surface area contributed by atoms with Gasteiger partial charge in [0, 0.05) is 18.7 Å². The number of aromatic nitrogens is 2. The Kier molecular flexibility index (Phi) is 1.45. The van der Waals surface area contributed by atoms with Gasteiger partial charge in [-0.3, -0.25) is 0 Å². The van der Waals surface area contributed by atoms with Crippen LogP contribution < -0.4 is 4.73 Å². The fraction of sp³-hybridized carbons (Fsp3) is 0.222. The van der Waals surface area contributed by atoms with Crippen molar-refractivity contribution in [3.63, 3.8) is 0 Å².